The zero-order chi connectivity index (χ0) is 16.4. The van der Waals surface area contributed by atoms with Gasteiger partial charge in [-0.25, -0.2) is 8.42 Å². The Hall–Kier alpha value is -1.40. The van der Waals surface area contributed by atoms with E-state index in [1.165, 1.54) is 0 Å². The summed E-state index contributed by atoms with van der Waals surface area (Å²) >= 11 is 0. The van der Waals surface area contributed by atoms with Crippen LogP contribution in [0.1, 0.15) is 25.8 Å². The molecule has 1 fully saturated rings. The fraction of sp³-hybridized carbons (Fsp3) is 0.562. The summed E-state index contributed by atoms with van der Waals surface area (Å²) in [6.45, 7) is 5.75. The topological polar surface area (TPSA) is 80.5 Å². The minimum atomic E-state index is -3.19. The Morgan fingerprint density at radius 2 is 1.95 bits per heavy atom. The summed E-state index contributed by atoms with van der Waals surface area (Å²) in [7, 11) is -3.19. The first-order valence-corrected chi connectivity index (χ1v) is 9.24. The zero-order valence-electron chi connectivity index (χ0n) is 13.2. The highest BCUT2D eigenvalue weighted by molar-refractivity contribution is 7.91. The Balaban J connectivity index is 2.01. The molecule has 1 aliphatic heterocycles. The van der Waals surface area contributed by atoms with Gasteiger partial charge in [0.2, 0.25) is 5.91 Å². The van der Waals surface area contributed by atoms with E-state index in [1.54, 1.807) is 31.2 Å². The van der Waals surface area contributed by atoms with Crippen molar-refractivity contribution in [1.82, 2.24) is 4.90 Å². The van der Waals surface area contributed by atoms with Crippen molar-refractivity contribution >= 4 is 15.7 Å². The second-order valence-electron chi connectivity index (χ2n) is 6.30. The Morgan fingerprint density at radius 3 is 2.45 bits per heavy atom. The quantitative estimate of drug-likeness (QED) is 0.883. The molecule has 122 valence electrons. The van der Waals surface area contributed by atoms with Crippen molar-refractivity contribution in [2.24, 2.45) is 11.1 Å². The molecular weight excluding hydrogens is 300 g/mol. The highest BCUT2D eigenvalue weighted by Gasteiger charge is 2.34. The highest BCUT2D eigenvalue weighted by atomic mass is 32.2. The van der Waals surface area contributed by atoms with Gasteiger partial charge in [0.1, 0.15) is 0 Å². The lowest BCUT2D eigenvalue weighted by Gasteiger charge is -2.22. The van der Waals surface area contributed by atoms with Crippen LogP contribution in [0.3, 0.4) is 0 Å². The van der Waals surface area contributed by atoms with Gasteiger partial charge in [0.25, 0.3) is 0 Å². The van der Waals surface area contributed by atoms with E-state index in [4.69, 9.17) is 5.73 Å². The molecule has 6 heteroatoms. The van der Waals surface area contributed by atoms with Gasteiger partial charge in [-0.2, -0.15) is 0 Å². The number of nitrogens with two attached hydrogens (primary N) is 1. The fourth-order valence-electron chi connectivity index (χ4n) is 2.67. The van der Waals surface area contributed by atoms with Crippen LogP contribution >= 0.6 is 0 Å². The number of carbonyl (C=O) groups is 1. The van der Waals surface area contributed by atoms with E-state index in [0.29, 0.717) is 24.4 Å². The summed E-state index contributed by atoms with van der Waals surface area (Å²) in [5, 5.41) is 0. The van der Waals surface area contributed by atoms with Crippen molar-refractivity contribution in [3.8, 4) is 0 Å². The third-order valence-electron chi connectivity index (χ3n) is 4.42. The molecule has 22 heavy (non-hydrogen) atoms. The molecule has 0 aromatic heterocycles. The molecule has 1 unspecified atom stereocenters. The maximum absolute atomic E-state index is 12.3. The summed E-state index contributed by atoms with van der Waals surface area (Å²) in [6.07, 6.45) is 1.23. The fourth-order valence-corrected chi connectivity index (χ4v) is 3.56. The van der Waals surface area contributed by atoms with Crippen molar-refractivity contribution in [3.63, 3.8) is 0 Å². The molecular formula is C16H24N2O3S. The smallest absolute Gasteiger partial charge is 0.227 e. The van der Waals surface area contributed by atoms with E-state index in [9.17, 15) is 13.2 Å². The number of hydrogen-bond donors (Lipinski definition) is 1. The molecule has 0 saturated carbocycles. The normalized spacial score (nSPS) is 22.0. The first-order valence-electron chi connectivity index (χ1n) is 7.59. The lowest BCUT2D eigenvalue weighted by atomic mass is 9.90. The minimum absolute atomic E-state index is 0.0225. The monoisotopic (exact) mass is 324 g/mol. The second kappa shape index (κ2) is 6.38. The molecule has 1 saturated heterocycles. The van der Waals surface area contributed by atoms with Crippen molar-refractivity contribution < 1.29 is 13.2 Å². The summed E-state index contributed by atoms with van der Waals surface area (Å²) in [5.41, 5.74) is 6.62. The van der Waals surface area contributed by atoms with Crippen molar-refractivity contribution in [2.75, 3.05) is 25.4 Å². The predicted octanol–water partition coefficient (Wildman–Crippen LogP) is 1.22. The van der Waals surface area contributed by atoms with Crippen LogP contribution in [0.15, 0.2) is 29.2 Å². The molecule has 0 aliphatic carbocycles. The summed E-state index contributed by atoms with van der Waals surface area (Å²) in [5.74, 6) is 0.153. The van der Waals surface area contributed by atoms with Crippen molar-refractivity contribution in [3.05, 3.63) is 29.8 Å². The van der Waals surface area contributed by atoms with Crippen LogP contribution in [-0.2, 0) is 21.1 Å². The Morgan fingerprint density at radius 1 is 1.32 bits per heavy atom. The lowest BCUT2D eigenvalue weighted by molar-refractivity contribution is -0.129. The third kappa shape index (κ3) is 3.67. The van der Waals surface area contributed by atoms with E-state index in [-0.39, 0.29) is 17.1 Å². The van der Waals surface area contributed by atoms with Crippen LogP contribution in [0.25, 0.3) is 0 Å². The molecule has 0 radical (unpaired) electrons. The Bertz CT molecular complexity index is 640. The molecule has 1 amide bonds. The van der Waals surface area contributed by atoms with Crippen LogP contribution in [0.2, 0.25) is 0 Å². The molecule has 1 heterocycles. The zero-order valence-corrected chi connectivity index (χ0v) is 14.0. The van der Waals surface area contributed by atoms with Gasteiger partial charge >= 0.3 is 0 Å². The molecule has 1 aromatic rings. The van der Waals surface area contributed by atoms with E-state index < -0.39 is 9.84 Å². The second-order valence-corrected chi connectivity index (χ2v) is 8.58. The van der Waals surface area contributed by atoms with E-state index >= 15 is 0 Å². The molecule has 5 nitrogen and oxygen atoms in total. The third-order valence-corrected chi connectivity index (χ3v) is 6.17. The van der Waals surface area contributed by atoms with E-state index in [2.05, 4.69) is 6.92 Å². The number of rotatable bonds is 5. The highest BCUT2D eigenvalue weighted by Crippen LogP contribution is 2.28. The maximum atomic E-state index is 12.3. The Labute approximate surface area is 132 Å². The predicted molar refractivity (Wildman–Crippen MR) is 86.2 cm³/mol. The average Bonchev–Trinajstić information content (AvgIpc) is 2.91. The van der Waals surface area contributed by atoms with Gasteiger partial charge in [0, 0.05) is 13.1 Å². The Kier molecular flexibility index (Phi) is 4.92. The number of carbonyl (C=O) groups excluding carboxylic acids is 1. The average molecular weight is 324 g/mol. The van der Waals surface area contributed by atoms with Crippen LogP contribution in [-0.4, -0.2) is 44.6 Å². The SMILES string of the molecule is CCS(=O)(=O)c1ccc(CC(=O)N2CCC(C)(CN)C2)cc1. The largest absolute Gasteiger partial charge is 0.342 e. The van der Waals surface area contributed by atoms with Gasteiger partial charge in [-0.05, 0) is 36.1 Å². The van der Waals surface area contributed by atoms with Gasteiger partial charge in [0.15, 0.2) is 9.84 Å². The number of nitrogens with zero attached hydrogens (tertiary/aromatic N) is 1. The summed E-state index contributed by atoms with van der Waals surface area (Å²) in [4.78, 5) is 14.5. The number of benzene rings is 1. The van der Waals surface area contributed by atoms with Gasteiger partial charge < -0.3 is 10.6 Å². The van der Waals surface area contributed by atoms with Gasteiger partial charge in [0.05, 0.1) is 17.1 Å². The van der Waals surface area contributed by atoms with Gasteiger partial charge in [-0.1, -0.05) is 26.0 Å². The number of likely N-dealkylation sites (tertiary alicyclic amines) is 1. The van der Waals surface area contributed by atoms with Crippen LogP contribution < -0.4 is 5.73 Å². The molecule has 1 atom stereocenters. The number of amides is 1. The molecule has 1 aliphatic rings. The molecule has 2 N–H and O–H groups in total. The molecule has 0 spiro atoms. The van der Waals surface area contributed by atoms with Gasteiger partial charge in [-0.3, -0.25) is 4.79 Å². The number of sulfone groups is 1. The molecule has 1 aromatic carbocycles. The maximum Gasteiger partial charge on any atom is 0.227 e. The van der Waals surface area contributed by atoms with Crippen LogP contribution in [0, 0.1) is 5.41 Å². The van der Waals surface area contributed by atoms with Crippen LogP contribution in [0.5, 0.6) is 0 Å². The summed E-state index contributed by atoms with van der Waals surface area (Å²) in [6, 6.07) is 6.60. The molecule has 2 rings (SSSR count). The van der Waals surface area contributed by atoms with E-state index in [1.807, 2.05) is 4.90 Å². The summed E-state index contributed by atoms with van der Waals surface area (Å²) < 4.78 is 23.5. The van der Waals surface area contributed by atoms with Crippen LogP contribution in [0.4, 0.5) is 0 Å². The minimum Gasteiger partial charge on any atom is -0.342 e. The first kappa shape index (κ1) is 17.0. The molecule has 0 bridgehead atoms. The van der Waals surface area contributed by atoms with E-state index in [0.717, 1.165) is 18.5 Å². The first-order chi connectivity index (χ1) is 10.3. The lowest BCUT2D eigenvalue weighted by Crippen LogP contribution is -2.35. The van der Waals surface area contributed by atoms with Gasteiger partial charge in [-0.15, -0.1) is 0 Å². The standard InChI is InChI=1S/C16H24N2O3S/c1-3-22(20,21)14-6-4-13(5-7-14)10-15(19)18-9-8-16(2,11-17)12-18/h4-7H,3,8-12,17H2,1-2H3. The van der Waals surface area contributed by atoms with Crippen molar-refractivity contribution in [2.45, 2.75) is 31.6 Å². The van der Waals surface area contributed by atoms with Crippen molar-refractivity contribution in [1.29, 1.82) is 0 Å². The number of hydrogen-bond acceptors (Lipinski definition) is 4.